The summed E-state index contributed by atoms with van der Waals surface area (Å²) in [6.45, 7) is 5.37. The summed E-state index contributed by atoms with van der Waals surface area (Å²) in [6, 6.07) is 13.6. The Morgan fingerprint density at radius 2 is 1.67 bits per heavy atom. The maximum absolute atomic E-state index is 5.84. The van der Waals surface area contributed by atoms with Crippen LogP contribution in [0.2, 0.25) is 0 Å². The third-order valence-corrected chi connectivity index (χ3v) is 3.71. The first-order valence-electron chi connectivity index (χ1n) is 8.73. The van der Waals surface area contributed by atoms with Gasteiger partial charge in [0.15, 0.2) is 11.5 Å². The van der Waals surface area contributed by atoms with Crippen LogP contribution in [-0.2, 0) is 0 Å². The van der Waals surface area contributed by atoms with Gasteiger partial charge in [0.1, 0.15) is 31.6 Å². The Balaban J connectivity index is 1.59. The summed E-state index contributed by atoms with van der Waals surface area (Å²) in [7, 11) is 0. The molecule has 3 aromatic rings. The molecule has 0 saturated heterocycles. The molecule has 2 aromatic carbocycles. The van der Waals surface area contributed by atoms with E-state index >= 15 is 0 Å². The molecule has 140 valence electrons. The monoisotopic (exact) mass is 366 g/mol. The molecule has 0 saturated carbocycles. The van der Waals surface area contributed by atoms with E-state index in [1.807, 2.05) is 56.3 Å². The minimum absolute atomic E-state index is 0.419. The summed E-state index contributed by atoms with van der Waals surface area (Å²) in [5, 5.41) is 11.6. The molecule has 7 heteroatoms. The first-order valence-corrected chi connectivity index (χ1v) is 8.73. The zero-order valence-corrected chi connectivity index (χ0v) is 15.4. The van der Waals surface area contributed by atoms with E-state index in [0.717, 1.165) is 16.9 Å². The van der Waals surface area contributed by atoms with E-state index in [1.54, 1.807) is 6.21 Å². The maximum Gasteiger partial charge on any atom is 0.161 e. The molecule has 27 heavy (non-hydrogen) atoms. The van der Waals surface area contributed by atoms with Crippen molar-refractivity contribution in [3.05, 3.63) is 66.2 Å². The highest BCUT2D eigenvalue weighted by molar-refractivity contribution is 5.80. The highest BCUT2D eigenvalue weighted by atomic mass is 16.5. The predicted octanol–water partition coefficient (Wildman–Crippen LogP) is 3.33. The fourth-order valence-corrected chi connectivity index (χ4v) is 2.40. The number of hydrogen-bond donors (Lipinski definition) is 0. The molecule has 0 N–H and O–H groups in total. The predicted molar refractivity (Wildman–Crippen MR) is 103 cm³/mol. The zero-order chi connectivity index (χ0) is 18.9. The van der Waals surface area contributed by atoms with Crippen LogP contribution in [0.1, 0.15) is 18.1 Å². The number of para-hydroxylation sites is 1. The van der Waals surface area contributed by atoms with Gasteiger partial charge in [-0.1, -0.05) is 18.2 Å². The van der Waals surface area contributed by atoms with Crippen molar-refractivity contribution in [2.45, 2.75) is 13.8 Å². The molecular weight excluding hydrogens is 344 g/mol. The number of benzene rings is 2. The van der Waals surface area contributed by atoms with Crippen LogP contribution in [0.3, 0.4) is 0 Å². The molecular formula is C20H22N4O3. The first-order chi connectivity index (χ1) is 13.3. The summed E-state index contributed by atoms with van der Waals surface area (Å²) in [5.74, 6) is 2.21. The van der Waals surface area contributed by atoms with E-state index in [2.05, 4.69) is 15.3 Å². The van der Waals surface area contributed by atoms with Crippen molar-refractivity contribution in [3.63, 3.8) is 0 Å². The molecule has 1 heterocycles. The van der Waals surface area contributed by atoms with Crippen molar-refractivity contribution >= 4 is 6.21 Å². The van der Waals surface area contributed by atoms with Crippen molar-refractivity contribution in [2.24, 2.45) is 5.10 Å². The Bertz CT molecular complexity index is 879. The fourth-order valence-electron chi connectivity index (χ4n) is 2.40. The molecule has 0 spiro atoms. The van der Waals surface area contributed by atoms with Gasteiger partial charge in [0.05, 0.1) is 12.8 Å². The average Bonchev–Trinajstić information content (AvgIpc) is 3.20. The van der Waals surface area contributed by atoms with Crippen LogP contribution in [-0.4, -0.2) is 40.9 Å². The fraction of sp³-hybridized carbons (Fsp3) is 0.250. The maximum atomic E-state index is 5.84. The highest BCUT2D eigenvalue weighted by Gasteiger charge is 2.06. The van der Waals surface area contributed by atoms with Crippen molar-refractivity contribution in [1.29, 1.82) is 0 Å². The quantitative estimate of drug-likeness (QED) is 0.429. The van der Waals surface area contributed by atoms with E-state index < -0.39 is 0 Å². The van der Waals surface area contributed by atoms with Gasteiger partial charge >= 0.3 is 0 Å². The second-order valence-electron chi connectivity index (χ2n) is 5.69. The van der Waals surface area contributed by atoms with Crippen LogP contribution in [0, 0.1) is 6.92 Å². The third-order valence-electron chi connectivity index (χ3n) is 3.71. The summed E-state index contributed by atoms with van der Waals surface area (Å²) in [6.07, 6.45) is 4.74. The zero-order valence-electron chi connectivity index (χ0n) is 15.4. The smallest absolute Gasteiger partial charge is 0.161 e. The summed E-state index contributed by atoms with van der Waals surface area (Å²) in [5.41, 5.74) is 1.99. The largest absolute Gasteiger partial charge is 0.490 e. The lowest BCUT2D eigenvalue weighted by Gasteiger charge is -2.13. The Kier molecular flexibility index (Phi) is 6.40. The van der Waals surface area contributed by atoms with Gasteiger partial charge in [0.2, 0.25) is 0 Å². The standard InChI is InChI=1S/C20H22N4O3/c1-3-25-20-12-17(13-23-24-14-21-22-15-24)8-9-19(20)27-11-10-26-18-7-5-4-6-16(18)2/h4-9,12-15H,3,10-11H2,1-2H3/b23-13-. The van der Waals surface area contributed by atoms with Crippen LogP contribution >= 0.6 is 0 Å². The van der Waals surface area contributed by atoms with Gasteiger partial charge in [0.25, 0.3) is 0 Å². The third kappa shape index (κ3) is 5.31. The Morgan fingerprint density at radius 1 is 0.926 bits per heavy atom. The Hall–Kier alpha value is -3.35. The van der Waals surface area contributed by atoms with Crippen LogP contribution in [0.5, 0.6) is 17.2 Å². The topological polar surface area (TPSA) is 70.8 Å². The minimum Gasteiger partial charge on any atom is -0.490 e. The lowest BCUT2D eigenvalue weighted by molar-refractivity contribution is 0.207. The first kappa shape index (κ1) is 18.4. The second-order valence-corrected chi connectivity index (χ2v) is 5.69. The van der Waals surface area contributed by atoms with Gasteiger partial charge in [-0.25, -0.2) is 4.68 Å². The van der Waals surface area contributed by atoms with E-state index in [9.17, 15) is 0 Å². The molecule has 0 unspecified atom stereocenters. The number of aryl methyl sites for hydroxylation is 1. The van der Waals surface area contributed by atoms with Gasteiger partial charge in [-0.15, -0.1) is 10.2 Å². The Labute approximate surface area is 158 Å². The number of nitrogens with zero attached hydrogens (tertiary/aromatic N) is 4. The number of ether oxygens (including phenoxy) is 3. The number of aromatic nitrogens is 3. The molecule has 0 radical (unpaired) electrons. The van der Waals surface area contributed by atoms with Gasteiger partial charge in [-0.05, 0) is 49.2 Å². The van der Waals surface area contributed by atoms with Crippen molar-refractivity contribution in [1.82, 2.24) is 14.9 Å². The number of rotatable bonds is 9. The van der Waals surface area contributed by atoms with Gasteiger partial charge in [-0.3, -0.25) is 0 Å². The summed E-state index contributed by atoms with van der Waals surface area (Å²) >= 11 is 0. The van der Waals surface area contributed by atoms with Crippen LogP contribution in [0.4, 0.5) is 0 Å². The molecule has 0 aliphatic heterocycles. The van der Waals surface area contributed by atoms with E-state index in [4.69, 9.17) is 14.2 Å². The van der Waals surface area contributed by atoms with Gasteiger partial charge in [-0.2, -0.15) is 5.10 Å². The molecule has 0 aliphatic rings. The van der Waals surface area contributed by atoms with Gasteiger partial charge < -0.3 is 14.2 Å². The molecule has 7 nitrogen and oxygen atoms in total. The molecule has 0 bridgehead atoms. The van der Waals surface area contributed by atoms with Crippen LogP contribution < -0.4 is 14.2 Å². The molecule has 0 amide bonds. The van der Waals surface area contributed by atoms with Crippen LogP contribution in [0.25, 0.3) is 0 Å². The van der Waals surface area contributed by atoms with Crippen LogP contribution in [0.15, 0.2) is 60.2 Å². The summed E-state index contributed by atoms with van der Waals surface area (Å²) < 4.78 is 18.8. The van der Waals surface area contributed by atoms with Gasteiger partial charge in [0, 0.05) is 0 Å². The van der Waals surface area contributed by atoms with Crippen molar-refractivity contribution in [3.8, 4) is 17.2 Å². The average molecular weight is 366 g/mol. The molecule has 0 atom stereocenters. The highest BCUT2D eigenvalue weighted by Crippen LogP contribution is 2.28. The molecule has 0 aliphatic carbocycles. The SMILES string of the molecule is CCOc1cc(/C=N\n2cnnc2)ccc1OCCOc1ccccc1C. The Morgan fingerprint density at radius 3 is 2.41 bits per heavy atom. The molecule has 0 fully saturated rings. The minimum atomic E-state index is 0.419. The number of hydrogen-bond acceptors (Lipinski definition) is 6. The molecule has 1 aromatic heterocycles. The second kappa shape index (κ2) is 9.38. The van der Waals surface area contributed by atoms with Crippen molar-refractivity contribution in [2.75, 3.05) is 19.8 Å². The summed E-state index contributed by atoms with van der Waals surface area (Å²) in [4.78, 5) is 0. The van der Waals surface area contributed by atoms with E-state index in [-0.39, 0.29) is 0 Å². The van der Waals surface area contributed by atoms with E-state index in [1.165, 1.54) is 17.3 Å². The van der Waals surface area contributed by atoms with Crippen molar-refractivity contribution < 1.29 is 14.2 Å². The lowest BCUT2D eigenvalue weighted by Crippen LogP contribution is -2.10. The van der Waals surface area contributed by atoms with E-state index in [0.29, 0.717) is 31.3 Å². The normalized spacial score (nSPS) is 10.9. The molecule has 3 rings (SSSR count). The lowest BCUT2D eigenvalue weighted by atomic mass is 10.2.